The summed E-state index contributed by atoms with van der Waals surface area (Å²) >= 11 is 0. The van der Waals surface area contributed by atoms with E-state index in [0.717, 1.165) is 22.3 Å². The Labute approximate surface area is 106 Å². The van der Waals surface area contributed by atoms with Crippen LogP contribution in [0.5, 0.6) is 0 Å². The van der Waals surface area contributed by atoms with Gasteiger partial charge in [-0.05, 0) is 24.3 Å². The summed E-state index contributed by atoms with van der Waals surface area (Å²) in [6.45, 7) is 0. The van der Waals surface area contributed by atoms with Gasteiger partial charge in [0.05, 0.1) is 11.9 Å². The zero-order valence-electron chi connectivity index (χ0n) is 10.6. The van der Waals surface area contributed by atoms with E-state index in [9.17, 15) is 4.79 Å². The van der Waals surface area contributed by atoms with Crippen molar-refractivity contribution in [2.45, 2.75) is 12.8 Å². The lowest BCUT2D eigenvalue weighted by molar-refractivity contribution is -0.136. The molecule has 0 unspecified atom stereocenters. The summed E-state index contributed by atoms with van der Waals surface area (Å²) in [5, 5.41) is 9.72. The molecule has 0 atom stereocenters. The Morgan fingerprint density at radius 2 is 2.06 bits per heavy atom. The molecule has 0 saturated heterocycles. The van der Waals surface area contributed by atoms with Crippen LogP contribution in [0.2, 0.25) is 0 Å². The van der Waals surface area contributed by atoms with Crippen LogP contribution < -0.4 is 4.90 Å². The van der Waals surface area contributed by atoms with Gasteiger partial charge in [0.25, 0.3) is 0 Å². The first-order chi connectivity index (χ1) is 8.56. The van der Waals surface area contributed by atoms with Crippen molar-refractivity contribution in [3.05, 3.63) is 36.0 Å². The minimum absolute atomic E-state index is 0.119. The van der Waals surface area contributed by atoms with Crippen molar-refractivity contribution in [1.29, 1.82) is 0 Å². The van der Waals surface area contributed by atoms with E-state index in [1.807, 2.05) is 43.3 Å². The minimum Gasteiger partial charge on any atom is -0.481 e. The Hall–Kier alpha value is -2.10. The van der Waals surface area contributed by atoms with Gasteiger partial charge >= 0.3 is 5.97 Å². The van der Waals surface area contributed by atoms with Crippen LogP contribution in [0.3, 0.4) is 0 Å². The number of hydrogen-bond donors (Lipinski definition) is 1. The second-order valence-corrected chi connectivity index (χ2v) is 4.47. The first-order valence-corrected chi connectivity index (χ1v) is 5.85. The van der Waals surface area contributed by atoms with Gasteiger partial charge in [0.15, 0.2) is 0 Å². The van der Waals surface area contributed by atoms with Crippen LogP contribution in [0.1, 0.15) is 12.1 Å². The SMILES string of the molecule is CN(C)c1ccc2nc(CCC(=O)O)ccc2c1. The van der Waals surface area contributed by atoms with Gasteiger partial charge in [-0.2, -0.15) is 0 Å². The molecule has 0 radical (unpaired) electrons. The molecule has 0 aliphatic carbocycles. The maximum Gasteiger partial charge on any atom is 0.303 e. The van der Waals surface area contributed by atoms with Gasteiger partial charge in [-0.15, -0.1) is 0 Å². The van der Waals surface area contributed by atoms with E-state index in [1.165, 1.54) is 0 Å². The summed E-state index contributed by atoms with van der Waals surface area (Å²) in [5.74, 6) is -0.792. The highest BCUT2D eigenvalue weighted by Crippen LogP contribution is 2.20. The molecule has 0 aliphatic heterocycles. The van der Waals surface area contributed by atoms with E-state index in [4.69, 9.17) is 5.11 Å². The van der Waals surface area contributed by atoms with Crippen molar-refractivity contribution in [1.82, 2.24) is 4.98 Å². The van der Waals surface area contributed by atoms with Crippen LogP contribution in [0.15, 0.2) is 30.3 Å². The molecule has 0 bridgehead atoms. The van der Waals surface area contributed by atoms with E-state index in [2.05, 4.69) is 11.1 Å². The van der Waals surface area contributed by atoms with Gasteiger partial charge in [0, 0.05) is 37.3 Å². The van der Waals surface area contributed by atoms with Gasteiger partial charge in [-0.3, -0.25) is 9.78 Å². The third-order valence-corrected chi connectivity index (χ3v) is 2.84. The van der Waals surface area contributed by atoms with Crippen molar-refractivity contribution in [3.8, 4) is 0 Å². The number of carboxylic acid groups (broad SMARTS) is 1. The van der Waals surface area contributed by atoms with Crippen molar-refractivity contribution >= 4 is 22.6 Å². The number of rotatable bonds is 4. The number of fused-ring (bicyclic) bond motifs is 1. The molecule has 0 spiro atoms. The number of hydrogen-bond acceptors (Lipinski definition) is 3. The maximum atomic E-state index is 10.5. The molecule has 1 N–H and O–H groups in total. The van der Waals surface area contributed by atoms with Crippen molar-refractivity contribution in [3.63, 3.8) is 0 Å². The molecule has 1 aromatic heterocycles. The molecule has 94 valence electrons. The maximum absolute atomic E-state index is 10.5. The molecule has 1 heterocycles. The molecule has 0 amide bonds. The summed E-state index contributed by atoms with van der Waals surface area (Å²) in [6.07, 6.45) is 0.592. The largest absolute Gasteiger partial charge is 0.481 e. The lowest BCUT2D eigenvalue weighted by atomic mass is 10.1. The molecule has 0 aliphatic rings. The smallest absolute Gasteiger partial charge is 0.303 e. The number of aromatic nitrogens is 1. The Kier molecular flexibility index (Phi) is 3.46. The van der Waals surface area contributed by atoms with E-state index in [-0.39, 0.29) is 6.42 Å². The number of carbonyl (C=O) groups is 1. The van der Waals surface area contributed by atoms with E-state index < -0.39 is 5.97 Å². The number of pyridine rings is 1. The first-order valence-electron chi connectivity index (χ1n) is 5.85. The third-order valence-electron chi connectivity index (χ3n) is 2.84. The van der Waals surface area contributed by atoms with Gasteiger partial charge in [0.2, 0.25) is 0 Å². The predicted octanol–water partition coefficient (Wildman–Crippen LogP) is 2.32. The second kappa shape index (κ2) is 5.04. The number of carboxylic acids is 1. The number of benzene rings is 1. The highest BCUT2D eigenvalue weighted by molar-refractivity contribution is 5.82. The molecular formula is C14H16N2O2. The lowest BCUT2D eigenvalue weighted by Gasteiger charge is -2.13. The average Bonchev–Trinajstić information content (AvgIpc) is 2.35. The van der Waals surface area contributed by atoms with Crippen LogP contribution in [0, 0.1) is 0 Å². The summed E-state index contributed by atoms with van der Waals surface area (Å²) in [4.78, 5) is 17.0. The van der Waals surface area contributed by atoms with Crippen molar-refractivity contribution in [2.75, 3.05) is 19.0 Å². The van der Waals surface area contributed by atoms with E-state index >= 15 is 0 Å². The quantitative estimate of drug-likeness (QED) is 0.896. The number of aryl methyl sites for hydroxylation is 1. The fraction of sp³-hybridized carbons (Fsp3) is 0.286. The predicted molar refractivity (Wildman–Crippen MR) is 72.0 cm³/mol. The summed E-state index contributed by atoms with van der Waals surface area (Å²) in [5.41, 5.74) is 2.86. The highest BCUT2D eigenvalue weighted by atomic mass is 16.4. The van der Waals surface area contributed by atoms with Crippen molar-refractivity contribution < 1.29 is 9.90 Å². The highest BCUT2D eigenvalue weighted by Gasteiger charge is 2.03. The Morgan fingerprint density at radius 3 is 2.72 bits per heavy atom. The normalized spacial score (nSPS) is 10.6. The summed E-state index contributed by atoms with van der Waals surface area (Å²) < 4.78 is 0. The van der Waals surface area contributed by atoms with E-state index in [0.29, 0.717) is 6.42 Å². The van der Waals surface area contributed by atoms with Crippen molar-refractivity contribution in [2.24, 2.45) is 0 Å². The first kappa shape index (κ1) is 12.4. The molecule has 18 heavy (non-hydrogen) atoms. The Bertz CT molecular complexity index is 579. The van der Waals surface area contributed by atoms with Crippen LogP contribution >= 0.6 is 0 Å². The average molecular weight is 244 g/mol. The van der Waals surface area contributed by atoms with Gasteiger partial charge in [0.1, 0.15) is 0 Å². The lowest BCUT2D eigenvalue weighted by Crippen LogP contribution is -2.08. The monoisotopic (exact) mass is 244 g/mol. The second-order valence-electron chi connectivity index (χ2n) is 4.47. The minimum atomic E-state index is -0.792. The Morgan fingerprint density at radius 1 is 1.28 bits per heavy atom. The van der Waals surface area contributed by atoms with Crippen LogP contribution in [-0.2, 0) is 11.2 Å². The molecule has 0 fully saturated rings. The summed E-state index contributed by atoms with van der Waals surface area (Å²) in [6, 6.07) is 9.94. The summed E-state index contributed by atoms with van der Waals surface area (Å²) in [7, 11) is 3.99. The molecule has 2 aromatic rings. The topological polar surface area (TPSA) is 53.4 Å². The number of aliphatic carboxylic acids is 1. The fourth-order valence-corrected chi connectivity index (χ4v) is 1.81. The van der Waals surface area contributed by atoms with Crippen LogP contribution in [0.4, 0.5) is 5.69 Å². The number of nitrogens with zero attached hydrogens (tertiary/aromatic N) is 2. The van der Waals surface area contributed by atoms with E-state index in [1.54, 1.807) is 0 Å². The zero-order chi connectivity index (χ0) is 13.1. The molecule has 4 nitrogen and oxygen atoms in total. The van der Waals surface area contributed by atoms with Gasteiger partial charge in [-0.25, -0.2) is 0 Å². The molecular weight excluding hydrogens is 228 g/mol. The van der Waals surface area contributed by atoms with Gasteiger partial charge < -0.3 is 10.0 Å². The third kappa shape index (κ3) is 2.77. The van der Waals surface area contributed by atoms with Crippen LogP contribution in [-0.4, -0.2) is 30.2 Å². The van der Waals surface area contributed by atoms with Gasteiger partial charge in [-0.1, -0.05) is 6.07 Å². The van der Waals surface area contributed by atoms with Crippen LogP contribution in [0.25, 0.3) is 10.9 Å². The molecule has 1 aromatic carbocycles. The molecule has 2 rings (SSSR count). The fourth-order valence-electron chi connectivity index (χ4n) is 1.81. The Balaban J connectivity index is 2.29. The number of anilines is 1. The molecule has 0 saturated carbocycles. The molecule has 4 heteroatoms. The standard InChI is InChI=1S/C14H16N2O2/c1-16(2)12-6-7-13-10(9-12)3-4-11(15-13)5-8-14(17)18/h3-4,6-7,9H,5,8H2,1-2H3,(H,17,18). The zero-order valence-corrected chi connectivity index (χ0v) is 10.6.